The summed E-state index contributed by atoms with van der Waals surface area (Å²) in [7, 11) is 0. The number of alkyl halides is 4. The van der Waals surface area contributed by atoms with Gasteiger partial charge in [-0.15, -0.1) is 0 Å². The Morgan fingerprint density at radius 1 is 0.720 bits per heavy atom. The van der Waals surface area contributed by atoms with Gasteiger partial charge in [0, 0.05) is 0 Å². The second-order valence-electron chi connectivity index (χ2n) is 6.23. The summed E-state index contributed by atoms with van der Waals surface area (Å²) in [5, 5.41) is 0. The van der Waals surface area contributed by atoms with Gasteiger partial charge >= 0.3 is 0 Å². The molecule has 0 aliphatic heterocycles. The van der Waals surface area contributed by atoms with Crippen molar-refractivity contribution in [2.75, 3.05) is 6.67 Å². The summed E-state index contributed by atoms with van der Waals surface area (Å²) in [6, 6.07) is 17.3. The fraction of sp³-hybridized carbons (Fsp3) is 0.429. The molecule has 3 rings (SSSR count). The molecule has 4 heteroatoms. The lowest BCUT2D eigenvalue weighted by atomic mass is 10.1. The van der Waals surface area contributed by atoms with Crippen LogP contribution in [0, 0.1) is 0 Å². The van der Waals surface area contributed by atoms with E-state index in [0.717, 1.165) is 6.42 Å². The molecule has 2 aromatic rings. The zero-order chi connectivity index (χ0) is 18.1. The first-order valence-corrected chi connectivity index (χ1v) is 8.78. The van der Waals surface area contributed by atoms with Crippen LogP contribution in [0.4, 0.5) is 17.6 Å². The lowest BCUT2D eigenvalue weighted by Crippen LogP contribution is -2.11. The van der Waals surface area contributed by atoms with Crippen LogP contribution in [0.1, 0.15) is 43.2 Å². The van der Waals surface area contributed by atoms with Crippen LogP contribution in [0.25, 0.3) is 11.1 Å². The van der Waals surface area contributed by atoms with Crippen LogP contribution in [0.2, 0.25) is 0 Å². The van der Waals surface area contributed by atoms with Gasteiger partial charge in [0.2, 0.25) is 0 Å². The van der Waals surface area contributed by atoms with Gasteiger partial charge in [0.1, 0.15) is 0 Å². The van der Waals surface area contributed by atoms with E-state index in [2.05, 4.69) is 48.5 Å². The Morgan fingerprint density at radius 2 is 1.24 bits per heavy atom. The van der Waals surface area contributed by atoms with Gasteiger partial charge in [-0.25, -0.2) is 13.2 Å². The van der Waals surface area contributed by atoms with Crippen LogP contribution < -0.4 is 0 Å². The van der Waals surface area contributed by atoms with E-state index in [0.29, 0.717) is 25.7 Å². The minimum absolute atomic E-state index is 0.107. The number of hydrogen-bond acceptors (Lipinski definition) is 0. The first-order valence-electron chi connectivity index (χ1n) is 8.78. The highest BCUT2D eigenvalue weighted by molar-refractivity contribution is 5.76. The molecule has 0 heterocycles. The summed E-state index contributed by atoms with van der Waals surface area (Å²) in [6.07, 6.45) is -1.71. The normalized spacial score (nSPS) is 13.0. The molecular formula is C21H24F4. The first kappa shape index (κ1) is 19.5. The quantitative estimate of drug-likeness (QED) is 0.325. The SMILES string of the molecule is FCCCCCCC(F)C(F)F.c1ccc2c(c1)Cc1ccccc1-2. The molecule has 1 aliphatic rings. The molecule has 2 aromatic carbocycles. The van der Waals surface area contributed by atoms with Crippen LogP contribution in [0.15, 0.2) is 48.5 Å². The third-order valence-corrected chi connectivity index (χ3v) is 4.34. The monoisotopic (exact) mass is 352 g/mol. The van der Waals surface area contributed by atoms with Gasteiger partial charge < -0.3 is 0 Å². The second-order valence-corrected chi connectivity index (χ2v) is 6.23. The minimum atomic E-state index is -2.87. The number of hydrogen-bond donors (Lipinski definition) is 0. The number of fused-ring (bicyclic) bond motifs is 3. The van der Waals surface area contributed by atoms with Crippen molar-refractivity contribution in [3.05, 3.63) is 59.7 Å². The van der Waals surface area contributed by atoms with E-state index in [4.69, 9.17) is 0 Å². The molecule has 25 heavy (non-hydrogen) atoms. The summed E-state index contributed by atoms with van der Waals surface area (Å²) < 4.78 is 46.9. The molecule has 0 fully saturated rings. The number of halogens is 4. The van der Waals surface area contributed by atoms with Crippen molar-refractivity contribution in [2.24, 2.45) is 0 Å². The van der Waals surface area contributed by atoms with Crippen molar-refractivity contribution >= 4 is 0 Å². The first-order chi connectivity index (χ1) is 12.1. The van der Waals surface area contributed by atoms with E-state index >= 15 is 0 Å². The molecule has 0 saturated heterocycles. The topological polar surface area (TPSA) is 0 Å². The van der Waals surface area contributed by atoms with Crippen LogP contribution in [0.3, 0.4) is 0 Å². The molecule has 0 bridgehead atoms. The number of rotatable bonds is 7. The third-order valence-electron chi connectivity index (χ3n) is 4.34. The average molecular weight is 352 g/mol. The fourth-order valence-electron chi connectivity index (χ4n) is 2.99. The van der Waals surface area contributed by atoms with Gasteiger partial charge in [0.25, 0.3) is 6.43 Å². The Bertz CT molecular complexity index is 596. The van der Waals surface area contributed by atoms with E-state index in [1.54, 1.807) is 0 Å². The van der Waals surface area contributed by atoms with E-state index in [1.165, 1.54) is 22.3 Å². The van der Waals surface area contributed by atoms with Crippen molar-refractivity contribution in [3.63, 3.8) is 0 Å². The molecule has 0 saturated carbocycles. The maximum absolute atomic E-state index is 12.2. The molecule has 136 valence electrons. The standard InChI is InChI=1S/C13H10.C8H14F4/c1-3-7-12-10(5-1)9-11-6-2-4-8-13(11)12;9-6-4-2-1-3-5-7(10)8(11)12/h1-8H,9H2;7-8H,1-6H2. The second kappa shape index (κ2) is 10.2. The zero-order valence-electron chi connectivity index (χ0n) is 14.2. The Labute approximate surface area is 146 Å². The fourth-order valence-corrected chi connectivity index (χ4v) is 2.99. The van der Waals surface area contributed by atoms with Gasteiger partial charge in [0.05, 0.1) is 6.67 Å². The molecule has 1 unspecified atom stereocenters. The van der Waals surface area contributed by atoms with Crippen molar-refractivity contribution in [2.45, 2.75) is 51.1 Å². The molecule has 1 atom stereocenters. The predicted octanol–water partition coefficient (Wildman–Crippen LogP) is 6.77. The van der Waals surface area contributed by atoms with Crippen LogP contribution in [-0.4, -0.2) is 19.3 Å². The number of unbranched alkanes of at least 4 members (excludes halogenated alkanes) is 3. The maximum Gasteiger partial charge on any atom is 0.269 e. The molecule has 0 amide bonds. The molecule has 0 aromatic heterocycles. The third kappa shape index (κ3) is 5.87. The average Bonchev–Trinajstić information content (AvgIpc) is 3.00. The molecular weight excluding hydrogens is 328 g/mol. The molecule has 0 nitrogen and oxygen atoms in total. The molecule has 0 radical (unpaired) electrons. The Kier molecular flexibility index (Phi) is 7.96. The van der Waals surface area contributed by atoms with Crippen LogP contribution in [-0.2, 0) is 6.42 Å². The lowest BCUT2D eigenvalue weighted by Gasteiger charge is -2.05. The largest absolute Gasteiger partial charge is 0.269 e. The van der Waals surface area contributed by atoms with Crippen molar-refractivity contribution < 1.29 is 17.6 Å². The van der Waals surface area contributed by atoms with Crippen molar-refractivity contribution in [1.29, 1.82) is 0 Å². The molecule has 0 spiro atoms. The van der Waals surface area contributed by atoms with Gasteiger partial charge in [-0.3, -0.25) is 4.39 Å². The maximum atomic E-state index is 12.2. The van der Waals surface area contributed by atoms with Crippen LogP contribution in [0.5, 0.6) is 0 Å². The Balaban J connectivity index is 0.000000182. The van der Waals surface area contributed by atoms with E-state index in [1.807, 2.05) is 0 Å². The Morgan fingerprint density at radius 3 is 1.76 bits per heavy atom. The summed E-state index contributed by atoms with van der Waals surface area (Å²) in [6.45, 7) is -0.381. The van der Waals surface area contributed by atoms with Crippen molar-refractivity contribution in [3.8, 4) is 11.1 Å². The summed E-state index contributed by atoms with van der Waals surface area (Å²) >= 11 is 0. The smallest absolute Gasteiger partial charge is 0.251 e. The van der Waals surface area contributed by atoms with Gasteiger partial charge in [-0.1, -0.05) is 67.8 Å². The van der Waals surface area contributed by atoms with Crippen molar-refractivity contribution in [1.82, 2.24) is 0 Å². The highest BCUT2D eigenvalue weighted by Crippen LogP contribution is 2.35. The van der Waals surface area contributed by atoms with E-state index in [9.17, 15) is 17.6 Å². The van der Waals surface area contributed by atoms with Gasteiger partial charge in [-0.2, -0.15) is 0 Å². The minimum Gasteiger partial charge on any atom is -0.251 e. The molecule has 1 aliphatic carbocycles. The van der Waals surface area contributed by atoms with Crippen LogP contribution >= 0.6 is 0 Å². The van der Waals surface area contributed by atoms with E-state index in [-0.39, 0.29) is 13.1 Å². The predicted molar refractivity (Wildman–Crippen MR) is 94.6 cm³/mol. The summed E-state index contributed by atoms with van der Waals surface area (Å²) in [5.41, 5.74) is 5.75. The Hall–Kier alpha value is -1.84. The summed E-state index contributed by atoms with van der Waals surface area (Å²) in [5.74, 6) is 0. The molecule has 0 N–H and O–H groups in total. The lowest BCUT2D eigenvalue weighted by molar-refractivity contribution is 0.0440. The van der Waals surface area contributed by atoms with E-state index < -0.39 is 12.6 Å². The van der Waals surface area contributed by atoms with Gasteiger partial charge in [-0.05, 0) is 41.5 Å². The highest BCUT2D eigenvalue weighted by Gasteiger charge is 2.17. The summed E-state index contributed by atoms with van der Waals surface area (Å²) in [4.78, 5) is 0. The number of benzene rings is 2. The zero-order valence-corrected chi connectivity index (χ0v) is 14.2. The highest BCUT2D eigenvalue weighted by atomic mass is 19.3. The van der Waals surface area contributed by atoms with Gasteiger partial charge in [0.15, 0.2) is 6.17 Å².